The quantitative estimate of drug-likeness (QED) is 0.263. The van der Waals surface area contributed by atoms with Crippen molar-refractivity contribution in [2.24, 2.45) is 0 Å². The Morgan fingerprint density at radius 1 is 1.82 bits per heavy atom. The van der Waals surface area contributed by atoms with Crippen LogP contribution in [0.5, 0.6) is 0 Å². The summed E-state index contributed by atoms with van der Waals surface area (Å²) in [6.07, 6.45) is 3.42. The number of carbonyl (C=O) groups excluding carboxylic acids is 1. The third-order valence-electron chi connectivity index (χ3n) is 0.928. The van der Waals surface area contributed by atoms with Crippen molar-refractivity contribution in [3.8, 4) is 6.07 Å². The average Bonchev–Trinajstić information content (AvgIpc) is 2.03. The number of hydrogen-bond donors (Lipinski definition) is 0. The summed E-state index contributed by atoms with van der Waals surface area (Å²) in [4.78, 5) is 10.7. The van der Waals surface area contributed by atoms with E-state index in [0.717, 1.165) is 0 Å². The van der Waals surface area contributed by atoms with Gasteiger partial charge in [0.25, 0.3) is 0 Å². The molecule has 0 spiro atoms. The maximum atomic E-state index is 10.7. The molecule has 0 aromatic rings. The van der Waals surface area contributed by atoms with Crippen LogP contribution in [0, 0.1) is 11.3 Å². The van der Waals surface area contributed by atoms with Crippen LogP contribution in [-0.2, 0) is 9.53 Å². The zero-order valence-corrected chi connectivity index (χ0v) is 6.33. The van der Waals surface area contributed by atoms with E-state index in [4.69, 9.17) is 5.26 Å². The molecule has 0 atom stereocenters. The first kappa shape index (κ1) is 9.44. The summed E-state index contributed by atoms with van der Waals surface area (Å²) in [5, 5.41) is 8.19. The van der Waals surface area contributed by atoms with Crippen molar-refractivity contribution in [2.45, 2.75) is 6.92 Å². The highest BCUT2D eigenvalue weighted by atomic mass is 16.5. The highest BCUT2D eigenvalue weighted by molar-refractivity contribution is 5.91. The molecule has 58 valence electrons. The number of rotatable bonds is 3. The number of nitrogens with zero attached hydrogens (tertiary/aromatic N) is 1. The maximum absolute atomic E-state index is 10.7. The molecule has 0 fully saturated rings. The van der Waals surface area contributed by atoms with Crippen molar-refractivity contribution < 1.29 is 9.53 Å². The van der Waals surface area contributed by atoms with Gasteiger partial charge in [0.05, 0.1) is 0 Å². The Bertz CT molecular complexity index is 223. The molecule has 0 saturated carbocycles. The summed E-state index contributed by atoms with van der Waals surface area (Å²) in [6.45, 7) is 5.20. The van der Waals surface area contributed by atoms with E-state index in [1.54, 1.807) is 18.2 Å². The second-order valence-electron chi connectivity index (χ2n) is 1.76. The number of hydrogen-bond acceptors (Lipinski definition) is 3. The van der Waals surface area contributed by atoms with Crippen molar-refractivity contribution in [3.63, 3.8) is 0 Å². The van der Waals surface area contributed by atoms with Crippen LogP contribution >= 0.6 is 0 Å². The van der Waals surface area contributed by atoms with E-state index in [9.17, 15) is 4.79 Å². The summed E-state index contributed by atoms with van der Waals surface area (Å²) >= 11 is 0. The average molecular weight is 151 g/mol. The monoisotopic (exact) mass is 151 g/mol. The highest BCUT2D eigenvalue weighted by Crippen LogP contribution is 1.91. The Morgan fingerprint density at radius 3 is 2.91 bits per heavy atom. The molecule has 0 saturated heterocycles. The van der Waals surface area contributed by atoms with E-state index in [1.807, 2.05) is 6.92 Å². The van der Waals surface area contributed by atoms with Gasteiger partial charge in [-0.05, 0) is 6.92 Å². The van der Waals surface area contributed by atoms with E-state index >= 15 is 0 Å². The van der Waals surface area contributed by atoms with Crippen LogP contribution < -0.4 is 0 Å². The van der Waals surface area contributed by atoms with Gasteiger partial charge in [0, 0.05) is 0 Å². The fraction of sp³-hybridized carbons (Fsp3) is 0.250. The lowest BCUT2D eigenvalue weighted by atomic mass is 10.3. The molecule has 11 heavy (non-hydrogen) atoms. The van der Waals surface area contributed by atoms with Gasteiger partial charge in [-0.1, -0.05) is 18.7 Å². The van der Waals surface area contributed by atoms with Crippen LogP contribution in [-0.4, -0.2) is 12.6 Å². The van der Waals surface area contributed by atoms with Crippen molar-refractivity contribution in [1.29, 1.82) is 5.26 Å². The zero-order valence-electron chi connectivity index (χ0n) is 6.33. The number of nitriles is 1. The maximum Gasteiger partial charge on any atom is 0.348 e. The Hall–Kier alpha value is -1.56. The van der Waals surface area contributed by atoms with Crippen LogP contribution in [0.25, 0.3) is 0 Å². The minimum Gasteiger partial charge on any atom is -0.457 e. The smallest absolute Gasteiger partial charge is 0.348 e. The molecule has 3 heteroatoms. The van der Waals surface area contributed by atoms with E-state index in [0.29, 0.717) is 0 Å². The Balaban J connectivity index is 3.72. The SMILES string of the molecule is C=C(C#N)C(=O)OC/C=C/C. The van der Waals surface area contributed by atoms with Gasteiger partial charge < -0.3 is 4.74 Å². The van der Waals surface area contributed by atoms with Crippen LogP contribution in [0.1, 0.15) is 6.92 Å². The molecule has 0 unspecified atom stereocenters. The summed E-state index contributed by atoms with van der Waals surface area (Å²) < 4.78 is 4.59. The molecule has 0 aliphatic rings. The number of ether oxygens (including phenoxy) is 1. The molecule has 0 radical (unpaired) electrons. The van der Waals surface area contributed by atoms with Gasteiger partial charge >= 0.3 is 5.97 Å². The molecule has 0 bridgehead atoms. The van der Waals surface area contributed by atoms with Crippen molar-refractivity contribution in [3.05, 3.63) is 24.3 Å². The third-order valence-corrected chi connectivity index (χ3v) is 0.928. The minimum atomic E-state index is -0.661. The summed E-state index contributed by atoms with van der Waals surface area (Å²) in [7, 11) is 0. The molecule has 0 aliphatic carbocycles. The molecule has 0 N–H and O–H groups in total. The van der Waals surface area contributed by atoms with Crippen LogP contribution in [0.4, 0.5) is 0 Å². The van der Waals surface area contributed by atoms with Crippen LogP contribution in [0.2, 0.25) is 0 Å². The van der Waals surface area contributed by atoms with E-state index in [2.05, 4.69) is 11.3 Å². The Labute approximate surface area is 65.6 Å². The molecule has 0 heterocycles. The van der Waals surface area contributed by atoms with Crippen molar-refractivity contribution in [2.75, 3.05) is 6.61 Å². The standard InChI is InChI=1S/C8H9NO2/c1-3-4-5-11-8(10)7(2)6-9/h3-4H,2,5H2,1H3/b4-3+. The van der Waals surface area contributed by atoms with Crippen molar-refractivity contribution >= 4 is 5.97 Å². The van der Waals surface area contributed by atoms with E-state index in [-0.39, 0.29) is 12.2 Å². The normalized spacial score (nSPS) is 9.09. The number of allylic oxidation sites excluding steroid dienone is 1. The van der Waals surface area contributed by atoms with Gasteiger partial charge in [-0.2, -0.15) is 5.26 Å². The first-order chi connectivity index (χ1) is 5.22. The minimum absolute atomic E-state index is 0.172. The first-order valence-electron chi connectivity index (χ1n) is 3.09. The number of carbonyl (C=O) groups is 1. The van der Waals surface area contributed by atoms with Gasteiger partial charge in [0.2, 0.25) is 0 Å². The topological polar surface area (TPSA) is 50.1 Å². The second kappa shape index (κ2) is 5.24. The van der Waals surface area contributed by atoms with E-state index in [1.165, 1.54) is 0 Å². The lowest BCUT2D eigenvalue weighted by Gasteiger charge is -1.96. The number of esters is 1. The molecular formula is C8H9NO2. The fourth-order valence-electron chi connectivity index (χ4n) is 0.353. The Morgan fingerprint density at radius 2 is 2.45 bits per heavy atom. The molecule has 3 nitrogen and oxygen atoms in total. The van der Waals surface area contributed by atoms with Gasteiger partial charge in [0.15, 0.2) is 0 Å². The summed E-state index contributed by atoms with van der Waals surface area (Å²) in [5.74, 6) is -0.661. The van der Waals surface area contributed by atoms with E-state index < -0.39 is 5.97 Å². The largest absolute Gasteiger partial charge is 0.457 e. The van der Waals surface area contributed by atoms with Gasteiger partial charge in [-0.25, -0.2) is 4.79 Å². The van der Waals surface area contributed by atoms with Crippen molar-refractivity contribution in [1.82, 2.24) is 0 Å². The fourth-order valence-corrected chi connectivity index (χ4v) is 0.353. The first-order valence-corrected chi connectivity index (χ1v) is 3.09. The molecule has 0 rings (SSSR count). The summed E-state index contributed by atoms with van der Waals surface area (Å²) in [6, 6.07) is 1.60. The molecule has 0 amide bonds. The van der Waals surface area contributed by atoms with Gasteiger partial charge in [-0.15, -0.1) is 0 Å². The molecule has 0 aromatic carbocycles. The predicted octanol–water partition coefficient (Wildman–Crippen LogP) is 1.19. The van der Waals surface area contributed by atoms with Crippen LogP contribution in [0.3, 0.4) is 0 Å². The molecule has 0 aliphatic heterocycles. The van der Waals surface area contributed by atoms with Gasteiger partial charge in [0.1, 0.15) is 18.2 Å². The zero-order chi connectivity index (χ0) is 8.69. The molecule has 0 aromatic heterocycles. The summed E-state index contributed by atoms with van der Waals surface area (Å²) in [5.41, 5.74) is -0.172. The lowest BCUT2D eigenvalue weighted by Crippen LogP contribution is -2.05. The third kappa shape index (κ3) is 3.93. The highest BCUT2D eigenvalue weighted by Gasteiger charge is 2.04. The Kier molecular flexibility index (Phi) is 4.50. The second-order valence-corrected chi connectivity index (χ2v) is 1.76. The lowest BCUT2D eigenvalue weighted by molar-refractivity contribution is -0.137. The van der Waals surface area contributed by atoms with Crippen LogP contribution in [0.15, 0.2) is 24.3 Å². The van der Waals surface area contributed by atoms with Gasteiger partial charge in [-0.3, -0.25) is 0 Å². The molecular weight excluding hydrogens is 142 g/mol. The predicted molar refractivity (Wildman–Crippen MR) is 40.5 cm³/mol.